The molecule has 0 saturated heterocycles. The van der Waals surface area contributed by atoms with E-state index in [0.717, 1.165) is 22.3 Å². The molecule has 1 aliphatic rings. The lowest BCUT2D eigenvalue weighted by Crippen LogP contribution is -2.36. The van der Waals surface area contributed by atoms with Gasteiger partial charge in [0.25, 0.3) is 5.91 Å². The van der Waals surface area contributed by atoms with E-state index in [2.05, 4.69) is 5.32 Å². The molecule has 0 aliphatic carbocycles. The van der Waals surface area contributed by atoms with E-state index < -0.39 is 10.0 Å². The van der Waals surface area contributed by atoms with Crippen LogP contribution in [0.2, 0.25) is 0 Å². The van der Waals surface area contributed by atoms with Crippen molar-refractivity contribution in [3.8, 4) is 11.5 Å². The van der Waals surface area contributed by atoms with Crippen LogP contribution in [0, 0.1) is 13.8 Å². The molecule has 0 aromatic heterocycles. The zero-order valence-corrected chi connectivity index (χ0v) is 20.3. The normalized spacial score (nSPS) is 13.7. The molecule has 0 bridgehead atoms. The molecule has 0 saturated carbocycles. The van der Waals surface area contributed by atoms with Gasteiger partial charge < -0.3 is 14.8 Å². The SMILES string of the molecule is COc1cc(C)ccc1OCC(=O)Nc1ccc2c(c1)CN(S(=O)(=O)c1ccc(C)cc1)CC2. The molecule has 34 heavy (non-hydrogen) atoms. The second kappa shape index (κ2) is 9.87. The Labute approximate surface area is 200 Å². The van der Waals surface area contributed by atoms with Crippen LogP contribution in [0.4, 0.5) is 5.69 Å². The Morgan fingerprint density at radius 3 is 2.41 bits per heavy atom. The van der Waals surface area contributed by atoms with E-state index in [1.807, 2.05) is 44.2 Å². The summed E-state index contributed by atoms with van der Waals surface area (Å²) in [7, 11) is -2.04. The smallest absolute Gasteiger partial charge is 0.262 e. The first kappa shape index (κ1) is 23.8. The van der Waals surface area contributed by atoms with Crippen LogP contribution in [0.5, 0.6) is 11.5 Å². The van der Waals surface area contributed by atoms with Crippen molar-refractivity contribution in [1.29, 1.82) is 0 Å². The Bertz CT molecular complexity index is 1300. The Hall–Kier alpha value is -3.36. The fraction of sp³-hybridized carbons (Fsp3) is 0.269. The molecule has 0 radical (unpaired) electrons. The van der Waals surface area contributed by atoms with Crippen molar-refractivity contribution in [1.82, 2.24) is 4.31 Å². The van der Waals surface area contributed by atoms with E-state index in [-0.39, 0.29) is 24.0 Å². The molecule has 0 fully saturated rings. The van der Waals surface area contributed by atoms with Crippen LogP contribution in [0.15, 0.2) is 65.6 Å². The van der Waals surface area contributed by atoms with Gasteiger partial charge in [0.15, 0.2) is 18.1 Å². The molecule has 0 spiro atoms. The van der Waals surface area contributed by atoms with Gasteiger partial charge in [0.1, 0.15) is 0 Å². The van der Waals surface area contributed by atoms with Crippen molar-refractivity contribution in [3.63, 3.8) is 0 Å². The first-order chi connectivity index (χ1) is 16.3. The number of anilines is 1. The zero-order valence-electron chi connectivity index (χ0n) is 19.5. The number of carbonyl (C=O) groups excluding carboxylic acids is 1. The van der Waals surface area contributed by atoms with Crippen molar-refractivity contribution in [3.05, 3.63) is 82.9 Å². The van der Waals surface area contributed by atoms with Crippen LogP contribution in [-0.4, -0.2) is 38.9 Å². The highest BCUT2D eigenvalue weighted by Gasteiger charge is 2.28. The highest BCUT2D eigenvalue weighted by atomic mass is 32.2. The van der Waals surface area contributed by atoms with Crippen LogP contribution >= 0.6 is 0 Å². The summed E-state index contributed by atoms with van der Waals surface area (Å²) in [4.78, 5) is 12.8. The van der Waals surface area contributed by atoms with Crippen LogP contribution in [-0.2, 0) is 27.8 Å². The summed E-state index contributed by atoms with van der Waals surface area (Å²) in [6.45, 7) is 4.37. The number of hydrogen-bond acceptors (Lipinski definition) is 5. The number of carbonyl (C=O) groups is 1. The number of fused-ring (bicyclic) bond motifs is 1. The van der Waals surface area contributed by atoms with Gasteiger partial charge in [-0.05, 0) is 73.4 Å². The summed E-state index contributed by atoms with van der Waals surface area (Å²) in [5.41, 5.74) is 4.59. The minimum atomic E-state index is -3.59. The topological polar surface area (TPSA) is 84.9 Å². The summed E-state index contributed by atoms with van der Waals surface area (Å²) in [6, 6.07) is 18.0. The van der Waals surface area contributed by atoms with Gasteiger partial charge in [-0.1, -0.05) is 29.8 Å². The Balaban J connectivity index is 1.43. The molecule has 1 heterocycles. The highest BCUT2D eigenvalue weighted by Crippen LogP contribution is 2.29. The fourth-order valence-electron chi connectivity index (χ4n) is 3.91. The minimum Gasteiger partial charge on any atom is -0.493 e. The second-order valence-corrected chi connectivity index (χ2v) is 10.3. The average molecular weight is 481 g/mol. The molecule has 8 heteroatoms. The summed E-state index contributed by atoms with van der Waals surface area (Å²) in [6.07, 6.45) is 0.616. The maximum Gasteiger partial charge on any atom is 0.262 e. The number of ether oxygens (including phenoxy) is 2. The molecule has 1 N–H and O–H groups in total. The largest absolute Gasteiger partial charge is 0.493 e. The number of aryl methyl sites for hydroxylation is 2. The van der Waals surface area contributed by atoms with Gasteiger partial charge >= 0.3 is 0 Å². The maximum atomic E-state index is 13.1. The Morgan fingerprint density at radius 2 is 1.68 bits per heavy atom. The van der Waals surface area contributed by atoms with E-state index in [4.69, 9.17) is 9.47 Å². The maximum absolute atomic E-state index is 13.1. The highest BCUT2D eigenvalue weighted by molar-refractivity contribution is 7.89. The van der Waals surface area contributed by atoms with Crippen LogP contribution < -0.4 is 14.8 Å². The Morgan fingerprint density at radius 1 is 0.941 bits per heavy atom. The lowest BCUT2D eigenvalue weighted by molar-refractivity contribution is -0.118. The fourth-order valence-corrected chi connectivity index (χ4v) is 5.33. The number of nitrogens with one attached hydrogen (secondary N) is 1. The van der Waals surface area contributed by atoms with Crippen molar-refractivity contribution in [2.24, 2.45) is 0 Å². The van der Waals surface area contributed by atoms with Gasteiger partial charge in [-0.3, -0.25) is 4.79 Å². The molecular formula is C26H28N2O5S. The average Bonchev–Trinajstić information content (AvgIpc) is 2.83. The third-order valence-corrected chi connectivity index (χ3v) is 7.66. The number of amides is 1. The summed E-state index contributed by atoms with van der Waals surface area (Å²) in [5.74, 6) is 0.740. The quantitative estimate of drug-likeness (QED) is 0.551. The molecule has 0 atom stereocenters. The minimum absolute atomic E-state index is 0.176. The van der Waals surface area contributed by atoms with E-state index >= 15 is 0 Å². The van der Waals surface area contributed by atoms with Crippen molar-refractivity contribution in [2.45, 2.75) is 31.7 Å². The van der Waals surface area contributed by atoms with Gasteiger partial charge in [-0.15, -0.1) is 0 Å². The van der Waals surface area contributed by atoms with Crippen LogP contribution in [0.25, 0.3) is 0 Å². The van der Waals surface area contributed by atoms with Gasteiger partial charge in [0, 0.05) is 18.8 Å². The van der Waals surface area contributed by atoms with Crippen molar-refractivity contribution in [2.75, 3.05) is 25.6 Å². The summed E-state index contributed by atoms with van der Waals surface area (Å²) >= 11 is 0. The number of nitrogens with zero attached hydrogens (tertiary/aromatic N) is 1. The van der Waals surface area contributed by atoms with Crippen LogP contribution in [0.3, 0.4) is 0 Å². The zero-order chi connectivity index (χ0) is 24.3. The molecule has 178 valence electrons. The molecule has 0 unspecified atom stereocenters. The number of benzene rings is 3. The molecule has 3 aromatic carbocycles. The molecular weight excluding hydrogens is 452 g/mol. The Kier molecular flexibility index (Phi) is 6.90. The predicted molar refractivity (Wildman–Crippen MR) is 131 cm³/mol. The van der Waals surface area contributed by atoms with E-state index in [9.17, 15) is 13.2 Å². The lowest BCUT2D eigenvalue weighted by Gasteiger charge is -2.28. The van der Waals surface area contributed by atoms with Crippen LogP contribution in [0.1, 0.15) is 22.3 Å². The molecule has 7 nitrogen and oxygen atoms in total. The lowest BCUT2D eigenvalue weighted by atomic mass is 10.0. The number of rotatable bonds is 7. The molecule has 4 rings (SSSR count). The number of hydrogen-bond donors (Lipinski definition) is 1. The molecule has 1 aliphatic heterocycles. The predicted octanol–water partition coefficient (Wildman–Crippen LogP) is 4.08. The third-order valence-electron chi connectivity index (χ3n) is 5.80. The van der Waals surface area contributed by atoms with E-state index in [1.54, 1.807) is 37.4 Å². The monoisotopic (exact) mass is 480 g/mol. The molecule has 1 amide bonds. The van der Waals surface area contributed by atoms with Gasteiger partial charge in [0.05, 0.1) is 12.0 Å². The van der Waals surface area contributed by atoms with E-state index in [0.29, 0.717) is 30.2 Å². The molecule has 3 aromatic rings. The second-order valence-electron chi connectivity index (χ2n) is 8.38. The van der Waals surface area contributed by atoms with Crippen molar-refractivity contribution < 1.29 is 22.7 Å². The van der Waals surface area contributed by atoms with E-state index in [1.165, 1.54) is 4.31 Å². The summed E-state index contributed by atoms with van der Waals surface area (Å²) in [5, 5.41) is 2.83. The first-order valence-corrected chi connectivity index (χ1v) is 12.5. The third kappa shape index (κ3) is 5.24. The standard InChI is InChI=1S/C26H28N2O5S/c1-18-4-9-23(10-5-18)34(30,31)28-13-12-20-7-8-22(15-21(20)16-28)27-26(29)17-33-24-11-6-19(2)14-25(24)32-3/h4-11,14-15H,12-13,16-17H2,1-3H3,(H,27,29). The first-order valence-electron chi connectivity index (χ1n) is 11.0. The van der Waals surface area contributed by atoms with Gasteiger partial charge in [0.2, 0.25) is 10.0 Å². The number of sulfonamides is 1. The van der Waals surface area contributed by atoms with Gasteiger partial charge in [-0.2, -0.15) is 4.31 Å². The van der Waals surface area contributed by atoms with Crippen molar-refractivity contribution >= 4 is 21.6 Å². The number of methoxy groups -OCH3 is 1. The summed E-state index contributed by atoms with van der Waals surface area (Å²) < 4.78 is 38.6. The van der Waals surface area contributed by atoms with Gasteiger partial charge in [-0.25, -0.2) is 8.42 Å².